The lowest BCUT2D eigenvalue weighted by atomic mass is 10.1. The maximum absolute atomic E-state index is 12.1. The molecule has 0 bridgehead atoms. The van der Waals surface area contributed by atoms with Gasteiger partial charge in [0, 0.05) is 12.2 Å². The summed E-state index contributed by atoms with van der Waals surface area (Å²) in [6.45, 7) is 3.78. The van der Waals surface area contributed by atoms with Crippen LogP contribution in [0.15, 0.2) is 78.9 Å². The van der Waals surface area contributed by atoms with Crippen LogP contribution in [0.4, 0.5) is 0 Å². The largest absolute Gasteiger partial charge is 0.497 e. The Balaban J connectivity index is 1.56. The van der Waals surface area contributed by atoms with E-state index < -0.39 is 11.9 Å². The highest BCUT2D eigenvalue weighted by Crippen LogP contribution is 2.24. The number of rotatable bonds is 7. The van der Waals surface area contributed by atoms with E-state index in [0.29, 0.717) is 17.1 Å². The molecule has 162 valence electrons. The van der Waals surface area contributed by atoms with Gasteiger partial charge >= 0.3 is 11.9 Å². The van der Waals surface area contributed by atoms with E-state index >= 15 is 0 Å². The summed E-state index contributed by atoms with van der Waals surface area (Å²) < 4.78 is 15.8. The molecule has 5 heteroatoms. The zero-order chi connectivity index (χ0) is 22.9. The van der Waals surface area contributed by atoms with Crippen LogP contribution in [0.3, 0.4) is 0 Å². The second kappa shape index (κ2) is 10.8. The first-order valence-electron chi connectivity index (χ1n) is 10.0. The number of hydrogen-bond donors (Lipinski definition) is 0. The molecule has 0 aliphatic carbocycles. The van der Waals surface area contributed by atoms with Crippen molar-refractivity contribution >= 4 is 24.1 Å². The van der Waals surface area contributed by atoms with Gasteiger partial charge in [-0.05, 0) is 73.0 Å². The molecule has 32 heavy (non-hydrogen) atoms. The average Bonchev–Trinajstić information content (AvgIpc) is 2.79. The Bertz CT molecular complexity index is 1140. The van der Waals surface area contributed by atoms with Crippen molar-refractivity contribution in [3.63, 3.8) is 0 Å². The van der Waals surface area contributed by atoms with Crippen LogP contribution in [0.5, 0.6) is 17.2 Å². The minimum absolute atomic E-state index is 0.370. The summed E-state index contributed by atoms with van der Waals surface area (Å²) in [5.74, 6) is 0.512. The smallest absolute Gasteiger partial charge is 0.336 e. The summed E-state index contributed by atoms with van der Waals surface area (Å²) >= 11 is 0. The van der Waals surface area contributed by atoms with E-state index in [2.05, 4.69) is 0 Å². The van der Waals surface area contributed by atoms with Crippen LogP contribution >= 0.6 is 0 Å². The van der Waals surface area contributed by atoms with Crippen LogP contribution in [0.25, 0.3) is 12.2 Å². The molecular formula is C27H24O5. The Hall–Kier alpha value is -4.12. The summed E-state index contributed by atoms with van der Waals surface area (Å²) in [5, 5.41) is 0. The Kier molecular flexibility index (Phi) is 7.60. The molecule has 0 saturated heterocycles. The first-order valence-corrected chi connectivity index (χ1v) is 10.0. The van der Waals surface area contributed by atoms with Gasteiger partial charge in [-0.1, -0.05) is 42.0 Å². The third kappa shape index (κ3) is 6.71. The van der Waals surface area contributed by atoms with E-state index in [0.717, 1.165) is 22.4 Å². The molecule has 0 N–H and O–H groups in total. The number of esters is 2. The van der Waals surface area contributed by atoms with Crippen LogP contribution in [-0.2, 0) is 9.59 Å². The van der Waals surface area contributed by atoms with Crippen LogP contribution in [0.1, 0.15) is 22.3 Å². The van der Waals surface area contributed by atoms with Gasteiger partial charge in [0.2, 0.25) is 0 Å². The zero-order valence-electron chi connectivity index (χ0n) is 18.2. The maximum atomic E-state index is 12.1. The third-order valence-electron chi connectivity index (χ3n) is 4.59. The third-order valence-corrected chi connectivity index (χ3v) is 4.59. The average molecular weight is 428 g/mol. The lowest BCUT2D eigenvalue weighted by Crippen LogP contribution is -2.06. The minimum Gasteiger partial charge on any atom is -0.497 e. The monoisotopic (exact) mass is 428 g/mol. The summed E-state index contributed by atoms with van der Waals surface area (Å²) in [4.78, 5) is 24.2. The molecule has 0 unspecified atom stereocenters. The predicted molar refractivity (Wildman–Crippen MR) is 125 cm³/mol. The van der Waals surface area contributed by atoms with Gasteiger partial charge in [-0.2, -0.15) is 0 Å². The number of aryl methyl sites for hydroxylation is 2. The van der Waals surface area contributed by atoms with Crippen molar-refractivity contribution in [3.05, 3.63) is 101 Å². The maximum Gasteiger partial charge on any atom is 0.336 e. The number of carbonyl (C=O) groups is 2. The van der Waals surface area contributed by atoms with Crippen molar-refractivity contribution in [1.29, 1.82) is 0 Å². The van der Waals surface area contributed by atoms with Gasteiger partial charge in [-0.25, -0.2) is 9.59 Å². The van der Waals surface area contributed by atoms with Gasteiger partial charge in [0.15, 0.2) is 0 Å². The predicted octanol–water partition coefficient (Wildman–Crippen LogP) is 5.55. The SMILES string of the molecule is COc1ccc(/C=C/C(=O)Oc2ccc(OC(=O)/C=C/c3ccc(C)cc3)cc2C)cc1. The van der Waals surface area contributed by atoms with Crippen molar-refractivity contribution in [2.24, 2.45) is 0 Å². The molecule has 5 nitrogen and oxygen atoms in total. The van der Waals surface area contributed by atoms with Crippen LogP contribution < -0.4 is 14.2 Å². The molecule has 0 radical (unpaired) electrons. The van der Waals surface area contributed by atoms with Gasteiger partial charge in [-0.3, -0.25) is 0 Å². The van der Waals surface area contributed by atoms with E-state index in [9.17, 15) is 9.59 Å². The Morgan fingerprint density at radius 1 is 0.688 bits per heavy atom. The number of methoxy groups -OCH3 is 1. The Labute approximate surface area is 187 Å². The molecule has 0 saturated carbocycles. The Morgan fingerprint density at radius 2 is 1.22 bits per heavy atom. The van der Waals surface area contributed by atoms with Crippen molar-refractivity contribution < 1.29 is 23.8 Å². The molecule has 0 heterocycles. The van der Waals surface area contributed by atoms with Crippen LogP contribution in [-0.4, -0.2) is 19.0 Å². The number of hydrogen-bond acceptors (Lipinski definition) is 5. The van der Waals surface area contributed by atoms with Crippen molar-refractivity contribution in [2.75, 3.05) is 7.11 Å². The van der Waals surface area contributed by atoms with Gasteiger partial charge in [0.25, 0.3) is 0 Å². The number of benzene rings is 3. The van der Waals surface area contributed by atoms with Gasteiger partial charge in [0.05, 0.1) is 7.11 Å². The van der Waals surface area contributed by atoms with E-state index in [-0.39, 0.29) is 0 Å². The van der Waals surface area contributed by atoms with E-state index in [1.165, 1.54) is 12.2 Å². The topological polar surface area (TPSA) is 61.8 Å². The van der Waals surface area contributed by atoms with Gasteiger partial charge < -0.3 is 14.2 Å². The molecule has 3 aromatic carbocycles. The molecule has 3 rings (SSSR count). The molecule has 0 fully saturated rings. The summed E-state index contributed by atoms with van der Waals surface area (Å²) in [6.07, 6.45) is 6.08. The van der Waals surface area contributed by atoms with Gasteiger partial charge in [-0.15, -0.1) is 0 Å². The standard InChI is InChI=1S/C27H24O5/c1-19-4-6-21(7-5-19)10-16-26(28)31-24-14-15-25(20(2)18-24)32-27(29)17-11-22-8-12-23(30-3)13-9-22/h4-18H,1-3H3/b16-10+,17-11+. The van der Waals surface area contributed by atoms with E-state index in [1.54, 1.807) is 44.4 Å². The van der Waals surface area contributed by atoms with Crippen molar-refractivity contribution in [1.82, 2.24) is 0 Å². The fourth-order valence-corrected chi connectivity index (χ4v) is 2.81. The molecule has 0 spiro atoms. The lowest BCUT2D eigenvalue weighted by Gasteiger charge is -2.08. The summed E-state index contributed by atoms with van der Waals surface area (Å²) in [7, 11) is 1.60. The van der Waals surface area contributed by atoms with Crippen molar-refractivity contribution in [3.8, 4) is 17.2 Å². The van der Waals surface area contributed by atoms with Crippen molar-refractivity contribution in [2.45, 2.75) is 13.8 Å². The number of ether oxygens (including phenoxy) is 3. The van der Waals surface area contributed by atoms with E-state index in [4.69, 9.17) is 14.2 Å². The van der Waals surface area contributed by atoms with Crippen LogP contribution in [0.2, 0.25) is 0 Å². The lowest BCUT2D eigenvalue weighted by molar-refractivity contribution is -0.130. The summed E-state index contributed by atoms with van der Waals surface area (Å²) in [6, 6.07) is 19.9. The van der Waals surface area contributed by atoms with Gasteiger partial charge in [0.1, 0.15) is 17.2 Å². The molecule has 0 aliphatic heterocycles. The first-order chi connectivity index (χ1) is 15.4. The molecule has 3 aromatic rings. The quantitative estimate of drug-likeness (QED) is 0.280. The minimum atomic E-state index is -0.505. The first kappa shape index (κ1) is 22.6. The highest BCUT2D eigenvalue weighted by molar-refractivity contribution is 5.89. The van der Waals surface area contributed by atoms with Crippen LogP contribution in [0, 0.1) is 13.8 Å². The summed E-state index contributed by atoms with van der Waals surface area (Å²) in [5.41, 5.74) is 3.58. The molecule has 0 aliphatic rings. The number of carbonyl (C=O) groups excluding carboxylic acids is 2. The fraction of sp³-hybridized carbons (Fsp3) is 0.111. The second-order valence-corrected chi connectivity index (χ2v) is 7.12. The normalized spacial score (nSPS) is 11.0. The Morgan fingerprint density at radius 3 is 1.78 bits per heavy atom. The molecule has 0 aromatic heterocycles. The highest BCUT2D eigenvalue weighted by atomic mass is 16.5. The second-order valence-electron chi connectivity index (χ2n) is 7.12. The van der Waals surface area contributed by atoms with E-state index in [1.807, 2.05) is 55.5 Å². The fourth-order valence-electron chi connectivity index (χ4n) is 2.81. The molecule has 0 amide bonds. The molecule has 0 atom stereocenters. The molecular weight excluding hydrogens is 404 g/mol. The highest BCUT2D eigenvalue weighted by Gasteiger charge is 2.08. The zero-order valence-corrected chi connectivity index (χ0v) is 18.2.